The van der Waals surface area contributed by atoms with Gasteiger partial charge in [-0.2, -0.15) is 0 Å². The first-order valence-corrected chi connectivity index (χ1v) is 6.86. The lowest BCUT2D eigenvalue weighted by molar-refractivity contribution is 0.634. The van der Waals surface area contributed by atoms with Gasteiger partial charge in [0.1, 0.15) is 5.52 Å². The van der Waals surface area contributed by atoms with Crippen LogP contribution in [0.25, 0.3) is 10.9 Å². The Hall–Kier alpha value is -0.860. The largest absolute Gasteiger partial charge is 0.249 e. The van der Waals surface area contributed by atoms with Crippen LogP contribution in [0.2, 0.25) is 10.0 Å². The SMILES string of the molecule is Fc1c(Cl)ccc2c(Cl)cc(C3CCCC3)nc12. The summed E-state index contributed by atoms with van der Waals surface area (Å²) < 4.78 is 14.0. The molecule has 0 radical (unpaired) electrons. The van der Waals surface area contributed by atoms with E-state index in [1.165, 1.54) is 18.9 Å². The Morgan fingerprint density at radius 1 is 1.11 bits per heavy atom. The Morgan fingerprint density at radius 2 is 1.83 bits per heavy atom. The predicted molar refractivity (Wildman–Crippen MR) is 72.9 cm³/mol. The topological polar surface area (TPSA) is 12.9 Å². The summed E-state index contributed by atoms with van der Waals surface area (Å²) in [6, 6.07) is 5.10. The summed E-state index contributed by atoms with van der Waals surface area (Å²) in [5.74, 6) is -0.0683. The first-order chi connectivity index (χ1) is 8.66. The molecule has 1 nitrogen and oxygen atoms in total. The van der Waals surface area contributed by atoms with Crippen molar-refractivity contribution in [3.63, 3.8) is 0 Å². The van der Waals surface area contributed by atoms with Crippen molar-refractivity contribution in [2.45, 2.75) is 31.6 Å². The fourth-order valence-electron chi connectivity index (χ4n) is 2.64. The fourth-order valence-corrected chi connectivity index (χ4v) is 3.06. The average molecular weight is 284 g/mol. The van der Waals surface area contributed by atoms with Gasteiger partial charge in [-0.3, -0.25) is 0 Å². The van der Waals surface area contributed by atoms with Gasteiger partial charge in [0.05, 0.1) is 10.0 Å². The van der Waals surface area contributed by atoms with E-state index >= 15 is 0 Å². The Morgan fingerprint density at radius 3 is 2.56 bits per heavy atom. The van der Waals surface area contributed by atoms with Crippen LogP contribution in [-0.4, -0.2) is 4.98 Å². The number of benzene rings is 1. The first-order valence-electron chi connectivity index (χ1n) is 6.11. The van der Waals surface area contributed by atoms with E-state index in [-0.39, 0.29) is 10.5 Å². The highest BCUT2D eigenvalue weighted by atomic mass is 35.5. The van der Waals surface area contributed by atoms with Crippen molar-refractivity contribution in [3.05, 3.63) is 39.8 Å². The third-order valence-corrected chi connectivity index (χ3v) is 4.22. The highest BCUT2D eigenvalue weighted by molar-refractivity contribution is 6.36. The van der Waals surface area contributed by atoms with Crippen LogP contribution >= 0.6 is 23.2 Å². The molecule has 4 heteroatoms. The molecule has 3 rings (SSSR count). The molecule has 0 unspecified atom stereocenters. The maximum absolute atomic E-state index is 14.0. The van der Waals surface area contributed by atoms with Crippen LogP contribution in [0.3, 0.4) is 0 Å². The number of halogens is 3. The lowest BCUT2D eigenvalue weighted by Gasteiger charge is -2.11. The van der Waals surface area contributed by atoms with E-state index in [4.69, 9.17) is 23.2 Å². The molecule has 1 aromatic heterocycles. The van der Waals surface area contributed by atoms with Crippen molar-refractivity contribution in [1.82, 2.24) is 4.98 Å². The predicted octanol–water partition coefficient (Wildman–Crippen LogP) is 5.34. The van der Waals surface area contributed by atoms with Crippen LogP contribution in [0, 0.1) is 5.82 Å². The molecule has 0 bridgehead atoms. The second-order valence-corrected chi connectivity index (χ2v) is 5.58. The number of rotatable bonds is 1. The van der Waals surface area contributed by atoms with E-state index in [9.17, 15) is 4.39 Å². The quantitative estimate of drug-likeness (QED) is 0.689. The summed E-state index contributed by atoms with van der Waals surface area (Å²) in [5.41, 5.74) is 1.18. The Kier molecular flexibility index (Phi) is 3.16. The summed E-state index contributed by atoms with van der Waals surface area (Å²) >= 11 is 12.0. The number of pyridine rings is 1. The normalized spacial score (nSPS) is 16.6. The summed E-state index contributed by atoms with van der Waals surface area (Å²) in [6.45, 7) is 0. The molecule has 1 aliphatic carbocycles. The molecular formula is C14H12Cl2FN. The van der Waals surface area contributed by atoms with Gasteiger partial charge in [0, 0.05) is 17.0 Å². The molecule has 0 amide bonds. The second kappa shape index (κ2) is 4.67. The molecule has 0 spiro atoms. The minimum atomic E-state index is -0.476. The van der Waals surface area contributed by atoms with E-state index in [2.05, 4.69) is 4.98 Å². The summed E-state index contributed by atoms with van der Waals surface area (Å²) in [7, 11) is 0. The molecule has 0 atom stereocenters. The monoisotopic (exact) mass is 283 g/mol. The van der Waals surface area contributed by atoms with E-state index in [0.29, 0.717) is 16.3 Å². The minimum absolute atomic E-state index is 0.0923. The third-order valence-electron chi connectivity index (χ3n) is 3.62. The lowest BCUT2D eigenvalue weighted by atomic mass is 10.0. The van der Waals surface area contributed by atoms with E-state index in [0.717, 1.165) is 18.5 Å². The Bertz CT molecular complexity index is 606. The molecule has 1 aliphatic rings. The van der Waals surface area contributed by atoms with Gasteiger partial charge in [-0.1, -0.05) is 36.0 Å². The van der Waals surface area contributed by atoms with Gasteiger partial charge in [-0.15, -0.1) is 0 Å². The zero-order chi connectivity index (χ0) is 12.7. The van der Waals surface area contributed by atoms with Gasteiger partial charge in [-0.05, 0) is 31.0 Å². The Balaban J connectivity index is 2.21. The van der Waals surface area contributed by atoms with Crippen LogP contribution in [-0.2, 0) is 0 Å². The van der Waals surface area contributed by atoms with Crippen LogP contribution in [0.1, 0.15) is 37.3 Å². The maximum Gasteiger partial charge on any atom is 0.168 e. The molecule has 1 aromatic carbocycles. The number of hydrogen-bond acceptors (Lipinski definition) is 1. The molecule has 1 fully saturated rings. The van der Waals surface area contributed by atoms with Gasteiger partial charge in [0.2, 0.25) is 0 Å². The van der Waals surface area contributed by atoms with Crippen molar-refractivity contribution in [3.8, 4) is 0 Å². The summed E-state index contributed by atoms with van der Waals surface area (Å²) in [6.07, 6.45) is 4.63. The smallest absolute Gasteiger partial charge is 0.168 e. The van der Waals surface area contributed by atoms with Crippen molar-refractivity contribution in [1.29, 1.82) is 0 Å². The molecule has 18 heavy (non-hydrogen) atoms. The van der Waals surface area contributed by atoms with Crippen LogP contribution in [0.15, 0.2) is 18.2 Å². The number of fused-ring (bicyclic) bond motifs is 1. The molecule has 1 heterocycles. The highest BCUT2D eigenvalue weighted by Crippen LogP contribution is 2.37. The first kappa shape index (κ1) is 12.2. The van der Waals surface area contributed by atoms with Crippen LogP contribution in [0.4, 0.5) is 4.39 Å². The molecule has 0 saturated heterocycles. The molecule has 0 aliphatic heterocycles. The molecular weight excluding hydrogens is 272 g/mol. The van der Waals surface area contributed by atoms with Gasteiger partial charge < -0.3 is 0 Å². The summed E-state index contributed by atoms with van der Waals surface area (Å²) in [5, 5.41) is 1.27. The molecule has 1 saturated carbocycles. The number of aromatic nitrogens is 1. The lowest BCUT2D eigenvalue weighted by Crippen LogP contribution is -1.98. The standard InChI is InChI=1S/C14H12Cl2FN/c15-10-6-5-9-11(16)7-12(8-3-1-2-4-8)18-14(9)13(10)17/h5-8H,1-4H2. The maximum atomic E-state index is 14.0. The van der Waals surface area contributed by atoms with Gasteiger partial charge in [0.25, 0.3) is 0 Å². The molecule has 0 N–H and O–H groups in total. The van der Waals surface area contributed by atoms with Gasteiger partial charge in [0.15, 0.2) is 5.82 Å². The fraction of sp³-hybridized carbons (Fsp3) is 0.357. The van der Waals surface area contributed by atoms with Crippen molar-refractivity contribution in [2.75, 3.05) is 0 Å². The molecule has 94 valence electrons. The summed E-state index contributed by atoms with van der Waals surface area (Å²) in [4.78, 5) is 4.43. The second-order valence-electron chi connectivity index (χ2n) is 4.77. The van der Waals surface area contributed by atoms with Gasteiger partial charge in [-0.25, -0.2) is 9.37 Å². The van der Waals surface area contributed by atoms with Crippen molar-refractivity contribution in [2.24, 2.45) is 0 Å². The zero-order valence-corrected chi connectivity index (χ0v) is 11.2. The number of hydrogen-bond donors (Lipinski definition) is 0. The van der Waals surface area contributed by atoms with Crippen molar-refractivity contribution < 1.29 is 4.39 Å². The van der Waals surface area contributed by atoms with E-state index < -0.39 is 5.82 Å². The average Bonchev–Trinajstić information content (AvgIpc) is 2.88. The minimum Gasteiger partial charge on any atom is -0.249 e. The van der Waals surface area contributed by atoms with E-state index in [1.54, 1.807) is 6.07 Å². The van der Waals surface area contributed by atoms with Gasteiger partial charge >= 0.3 is 0 Å². The Labute approximate surface area is 115 Å². The van der Waals surface area contributed by atoms with Crippen molar-refractivity contribution >= 4 is 34.1 Å². The van der Waals surface area contributed by atoms with Crippen LogP contribution < -0.4 is 0 Å². The number of nitrogens with zero attached hydrogens (tertiary/aromatic N) is 1. The highest BCUT2D eigenvalue weighted by Gasteiger charge is 2.20. The van der Waals surface area contributed by atoms with E-state index in [1.807, 2.05) is 6.07 Å². The zero-order valence-electron chi connectivity index (χ0n) is 9.72. The van der Waals surface area contributed by atoms with Crippen LogP contribution in [0.5, 0.6) is 0 Å². The molecule has 2 aromatic rings. The third kappa shape index (κ3) is 1.98.